The number of likely N-dealkylation sites (N-methyl/N-ethyl adjacent to an activating group) is 1. The minimum Gasteiger partial charge on any atom is -0.494 e. The third-order valence-electron chi connectivity index (χ3n) is 6.53. The van der Waals surface area contributed by atoms with Crippen molar-refractivity contribution < 1.29 is 13.9 Å². The van der Waals surface area contributed by atoms with Gasteiger partial charge in [-0.15, -0.1) is 0 Å². The van der Waals surface area contributed by atoms with E-state index in [1.807, 2.05) is 10.9 Å². The second-order valence-corrected chi connectivity index (χ2v) is 8.87. The minimum atomic E-state index is -0.434. The van der Waals surface area contributed by atoms with Gasteiger partial charge in [0.25, 0.3) is 0 Å². The smallest absolute Gasteiger partial charge is 0.227 e. The number of nitrogens with one attached hydrogen (secondary N) is 1. The van der Waals surface area contributed by atoms with Gasteiger partial charge in [0.15, 0.2) is 17.3 Å². The van der Waals surface area contributed by atoms with Gasteiger partial charge in [-0.1, -0.05) is 13.8 Å². The predicted molar refractivity (Wildman–Crippen MR) is 143 cm³/mol. The number of aryl methyl sites for hydroxylation is 2. The molecule has 1 aliphatic rings. The number of nitrogens with zero attached hydrogens (tertiary/aromatic N) is 5. The number of anilines is 2. The molecule has 1 N–H and O–H groups in total. The molecule has 1 aliphatic heterocycles. The van der Waals surface area contributed by atoms with Crippen LogP contribution in [0.25, 0.3) is 0 Å². The summed E-state index contributed by atoms with van der Waals surface area (Å²) in [6.45, 7) is 7.21. The topological polar surface area (TPSA) is 85.2 Å². The highest BCUT2D eigenvalue weighted by Gasteiger charge is 2.21. The molecule has 0 saturated carbocycles. The van der Waals surface area contributed by atoms with Crippen molar-refractivity contribution in [1.29, 1.82) is 0 Å². The van der Waals surface area contributed by atoms with Crippen LogP contribution < -0.4 is 10.1 Å². The van der Waals surface area contributed by atoms with Gasteiger partial charge >= 0.3 is 0 Å². The summed E-state index contributed by atoms with van der Waals surface area (Å²) in [5.41, 5.74) is 2.63. The Hall–Kier alpha value is -2.98. The van der Waals surface area contributed by atoms with Crippen molar-refractivity contribution in [1.82, 2.24) is 24.6 Å². The number of hydrogen-bond acceptors (Lipinski definition) is 7. The largest absolute Gasteiger partial charge is 0.494 e. The minimum absolute atomic E-state index is 0. The van der Waals surface area contributed by atoms with Crippen molar-refractivity contribution in [3.05, 3.63) is 59.4 Å². The molecule has 1 atom stereocenters. The number of halogens is 1. The zero-order valence-corrected chi connectivity index (χ0v) is 22.1. The Morgan fingerprint density at radius 2 is 1.97 bits per heavy atom. The summed E-state index contributed by atoms with van der Waals surface area (Å²) in [5.74, 6) is 0.0935. The molecule has 0 amide bonds. The van der Waals surface area contributed by atoms with Gasteiger partial charge in [0.2, 0.25) is 5.95 Å². The normalized spacial score (nSPS) is 15.8. The van der Waals surface area contributed by atoms with E-state index in [1.54, 1.807) is 31.6 Å². The number of Topliss-reactive ketones (excluding diaryl/α,β-unsaturated/α-hetero) is 1. The molecule has 1 aromatic carbocycles. The molecule has 0 spiro atoms. The van der Waals surface area contributed by atoms with Crippen LogP contribution in [0.5, 0.6) is 5.75 Å². The summed E-state index contributed by atoms with van der Waals surface area (Å²) in [5, 5.41) is 7.74. The van der Waals surface area contributed by atoms with E-state index in [4.69, 9.17) is 4.74 Å². The number of benzene rings is 1. The van der Waals surface area contributed by atoms with E-state index in [0.717, 1.165) is 37.3 Å². The first kappa shape index (κ1) is 27.6. The average Bonchev–Trinajstić information content (AvgIpc) is 3.37. The van der Waals surface area contributed by atoms with E-state index in [1.165, 1.54) is 19.6 Å². The Bertz CT molecular complexity index is 1150. The van der Waals surface area contributed by atoms with Crippen molar-refractivity contribution >= 4 is 30.9 Å². The summed E-state index contributed by atoms with van der Waals surface area (Å²) < 4.78 is 21.9. The molecule has 1 fully saturated rings. The highest BCUT2D eigenvalue weighted by atomic mass is 32.1. The van der Waals surface area contributed by atoms with Crippen LogP contribution in [-0.4, -0.2) is 57.2 Å². The molecule has 0 unspecified atom stereocenters. The average molecular weight is 515 g/mol. The maximum Gasteiger partial charge on any atom is 0.227 e. The molecule has 4 rings (SSSR count). The van der Waals surface area contributed by atoms with E-state index in [9.17, 15) is 9.18 Å². The number of likely N-dealkylation sites (tertiary alicyclic amines) is 1. The number of carbonyl (C=O) groups is 1. The van der Waals surface area contributed by atoms with Gasteiger partial charge in [0, 0.05) is 37.1 Å². The molecular weight excluding hydrogens is 479 g/mol. The number of ketones is 1. The molecule has 0 bridgehead atoms. The highest BCUT2D eigenvalue weighted by molar-refractivity contribution is 7.59. The number of rotatable bonds is 10. The van der Waals surface area contributed by atoms with Crippen molar-refractivity contribution in [2.75, 3.05) is 32.1 Å². The van der Waals surface area contributed by atoms with Crippen LogP contribution in [-0.2, 0) is 12.8 Å². The molecule has 0 aliphatic carbocycles. The molecule has 1 saturated heterocycles. The lowest BCUT2D eigenvalue weighted by Gasteiger charge is -2.31. The van der Waals surface area contributed by atoms with E-state index in [-0.39, 0.29) is 25.0 Å². The van der Waals surface area contributed by atoms with Crippen LogP contribution in [0.3, 0.4) is 0 Å². The van der Waals surface area contributed by atoms with Crippen LogP contribution in [0.1, 0.15) is 60.6 Å². The van der Waals surface area contributed by atoms with Gasteiger partial charge in [0.1, 0.15) is 0 Å². The lowest BCUT2D eigenvalue weighted by atomic mass is 10.00. The highest BCUT2D eigenvalue weighted by Crippen LogP contribution is 2.26. The summed E-state index contributed by atoms with van der Waals surface area (Å²) in [6, 6.07) is 3.46. The Labute approximate surface area is 218 Å². The lowest BCUT2D eigenvalue weighted by molar-refractivity contribution is 0.0987. The van der Waals surface area contributed by atoms with Crippen molar-refractivity contribution in [2.45, 2.75) is 52.0 Å². The molecule has 3 aromatic rings. The number of piperidine rings is 1. The van der Waals surface area contributed by atoms with Crippen LogP contribution in [0.2, 0.25) is 0 Å². The number of carbonyl (C=O) groups excluding carboxylic acids is 1. The number of hydrogen-bond donors (Lipinski definition) is 1. The van der Waals surface area contributed by atoms with Crippen molar-refractivity contribution in [2.24, 2.45) is 0 Å². The second-order valence-electron chi connectivity index (χ2n) is 8.87. The fraction of sp³-hybridized carbons (Fsp3) is 0.462. The van der Waals surface area contributed by atoms with Gasteiger partial charge < -0.3 is 15.0 Å². The standard InChI is InChI=1S/C26H33FN6O2.H2S/c1-4-23(34)20-11-19(25(27)24(12-20)35-3)9-8-18-13-28-26(29-14-18)31-21-15-30-33(16-21)22-7-6-10-32(5-2)17-22;/h11-16,22H,4-10,17H2,1-3H3,(H,28,29,31);1H2/t22-;/m0./s1. The van der Waals surface area contributed by atoms with E-state index >= 15 is 0 Å². The van der Waals surface area contributed by atoms with Gasteiger partial charge in [-0.2, -0.15) is 18.6 Å². The Kier molecular flexibility index (Phi) is 9.83. The quantitative estimate of drug-likeness (QED) is 0.392. The summed E-state index contributed by atoms with van der Waals surface area (Å²) in [4.78, 5) is 23.4. The van der Waals surface area contributed by atoms with Gasteiger partial charge in [-0.3, -0.25) is 9.48 Å². The van der Waals surface area contributed by atoms with E-state index in [0.29, 0.717) is 42.4 Å². The van der Waals surface area contributed by atoms with E-state index < -0.39 is 5.82 Å². The van der Waals surface area contributed by atoms with Crippen LogP contribution in [0, 0.1) is 5.82 Å². The molecule has 36 heavy (non-hydrogen) atoms. The predicted octanol–water partition coefficient (Wildman–Crippen LogP) is 4.71. The molecule has 3 heterocycles. The van der Waals surface area contributed by atoms with Crippen molar-refractivity contribution in [3.63, 3.8) is 0 Å². The maximum absolute atomic E-state index is 14.7. The fourth-order valence-corrected chi connectivity index (χ4v) is 4.44. The van der Waals surface area contributed by atoms with Crippen LogP contribution in [0.4, 0.5) is 16.0 Å². The van der Waals surface area contributed by atoms with E-state index in [2.05, 4.69) is 32.2 Å². The molecule has 0 radical (unpaired) electrons. The number of aromatic nitrogens is 4. The lowest BCUT2D eigenvalue weighted by Crippen LogP contribution is -2.36. The summed E-state index contributed by atoms with van der Waals surface area (Å²) in [6.07, 6.45) is 10.9. The summed E-state index contributed by atoms with van der Waals surface area (Å²) in [7, 11) is 1.40. The molecule has 8 nitrogen and oxygen atoms in total. The second kappa shape index (κ2) is 12.8. The molecule has 2 aromatic heterocycles. The SMILES string of the molecule is CCC(=O)c1cc(CCc2cnc(Nc3cnn([C@H]4CCCN(CC)C4)c3)nc2)c(F)c(OC)c1.S. The molecule has 194 valence electrons. The Balaban J connectivity index is 0.00000361. The van der Waals surface area contributed by atoms with Crippen molar-refractivity contribution in [3.8, 4) is 5.75 Å². The molecule has 10 heteroatoms. The zero-order chi connectivity index (χ0) is 24.8. The Morgan fingerprint density at radius 3 is 2.67 bits per heavy atom. The monoisotopic (exact) mass is 514 g/mol. The Morgan fingerprint density at radius 1 is 1.19 bits per heavy atom. The zero-order valence-electron chi connectivity index (χ0n) is 21.1. The first-order chi connectivity index (χ1) is 17.0. The van der Waals surface area contributed by atoms with Gasteiger partial charge in [-0.25, -0.2) is 14.4 Å². The van der Waals surface area contributed by atoms with Gasteiger partial charge in [-0.05, 0) is 62.0 Å². The van der Waals surface area contributed by atoms with Crippen LogP contribution >= 0.6 is 13.5 Å². The third-order valence-corrected chi connectivity index (χ3v) is 6.53. The van der Waals surface area contributed by atoms with Crippen LogP contribution in [0.15, 0.2) is 36.9 Å². The first-order valence-corrected chi connectivity index (χ1v) is 12.2. The third kappa shape index (κ3) is 6.61. The number of ether oxygens (including phenoxy) is 1. The maximum atomic E-state index is 14.7. The molecular formula is C26H35FN6O2S. The van der Waals surface area contributed by atoms with Gasteiger partial charge in [0.05, 0.1) is 25.0 Å². The number of methoxy groups -OCH3 is 1. The fourth-order valence-electron chi connectivity index (χ4n) is 4.44. The first-order valence-electron chi connectivity index (χ1n) is 12.2. The summed E-state index contributed by atoms with van der Waals surface area (Å²) >= 11 is 0.